The van der Waals surface area contributed by atoms with E-state index in [1.807, 2.05) is 18.4 Å². The number of benzene rings is 2. The van der Waals surface area contributed by atoms with Crippen molar-refractivity contribution < 1.29 is 9.59 Å². The van der Waals surface area contributed by atoms with Crippen LogP contribution in [0.5, 0.6) is 0 Å². The Labute approximate surface area is 151 Å². The lowest BCUT2D eigenvalue weighted by molar-refractivity contribution is -0.116. The summed E-state index contributed by atoms with van der Waals surface area (Å²) in [5, 5.41) is 3.17. The van der Waals surface area contributed by atoms with Crippen LogP contribution in [0, 0.1) is 0 Å². The maximum absolute atomic E-state index is 12.4. The van der Waals surface area contributed by atoms with Crippen molar-refractivity contribution in [1.29, 1.82) is 0 Å². The van der Waals surface area contributed by atoms with Crippen LogP contribution < -0.4 is 5.32 Å². The molecule has 0 bridgehead atoms. The van der Waals surface area contributed by atoms with Gasteiger partial charge in [0.25, 0.3) is 5.91 Å². The molecule has 4 nitrogen and oxygen atoms in total. The van der Waals surface area contributed by atoms with Crippen molar-refractivity contribution in [3.8, 4) is 0 Å². The number of rotatable bonds is 6. The third-order valence-electron chi connectivity index (χ3n) is 3.39. The molecule has 0 radical (unpaired) electrons. The lowest BCUT2D eigenvalue weighted by atomic mass is 10.1. The van der Waals surface area contributed by atoms with Crippen molar-refractivity contribution in [2.24, 2.45) is 0 Å². The molecular weight excluding hydrogens is 344 g/mol. The van der Waals surface area contributed by atoms with Crippen LogP contribution in [0.25, 0.3) is 0 Å². The first-order valence-corrected chi connectivity index (χ1v) is 9.16. The maximum Gasteiger partial charge on any atom is 0.254 e. The molecule has 0 fully saturated rings. The van der Waals surface area contributed by atoms with E-state index in [1.165, 1.54) is 4.90 Å². The second-order valence-electron chi connectivity index (χ2n) is 5.32. The molecule has 1 N–H and O–H groups in total. The largest absolute Gasteiger partial charge is 0.332 e. The van der Waals surface area contributed by atoms with E-state index >= 15 is 0 Å². The average molecular weight is 363 g/mol. The molecule has 2 aromatic rings. The maximum atomic E-state index is 12.4. The second-order valence-corrected chi connectivity index (χ2v) is 6.59. The molecule has 0 aliphatic heterocycles. The van der Waals surface area contributed by atoms with E-state index in [0.717, 1.165) is 11.3 Å². The Hall–Kier alpha value is -1.98. The van der Waals surface area contributed by atoms with Gasteiger partial charge in [-0.1, -0.05) is 35.9 Å². The fraction of sp³-hybridized carbons (Fsp3) is 0.222. The summed E-state index contributed by atoms with van der Waals surface area (Å²) in [6, 6.07) is 14.4. The minimum absolute atomic E-state index is 0.0450. The Bertz CT molecular complexity index is 719. The predicted molar refractivity (Wildman–Crippen MR) is 101 cm³/mol. The highest BCUT2D eigenvalue weighted by atomic mass is 35.5. The monoisotopic (exact) mass is 362 g/mol. The molecule has 0 heterocycles. The summed E-state index contributed by atoms with van der Waals surface area (Å²) in [5.74, 6) is 0.419. The number of likely N-dealkylation sites (N-methyl/N-ethyl adjacent to an activating group) is 1. The van der Waals surface area contributed by atoms with E-state index in [2.05, 4.69) is 5.32 Å². The van der Waals surface area contributed by atoms with Gasteiger partial charge in [0.15, 0.2) is 0 Å². The van der Waals surface area contributed by atoms with Crippen LogP contribution in [-0.4, -0.2) is 36.6 Å². The molecule has 0 saturated carbocycles. The van der Waals surface area contributed by atoms with Gasteiger partial charge in [0.2, 0.25) is 5.91 Å². The van der Waals surface area contributed by atoms with Crippen LogP contribution in [0.3, 0.4) is 0 Å². The Balaban J connectivity index is 1.95. The zero-order chi connectivity index (χ0) is 17.5. The van der Waals surface area contributed by atoms with E-state index in [-0.39, 0.29) is 18.4 Å². The van der Waals surface area contributed by atoms with E-state index < -0.39 is 0 Å². The van der Waals surface area contributed by atoms with Gasteiger partial charge in [0, 0.05) is 18.4 Å². The summed E-state index contributed by atoms with van der Waals surface area (Å²) in [5.41, 5.74) is 2.26. The number of thioether (sulfide) groups is 1. The number of anilines is 1. The average Bonchev–Trinajstić information content (AvgIpc) is 2.57. The van der Waals surface area contributed by atoms with Gasteiger partial charge in [-0.05, 0) is 36.1 Å². The Morgan fingerprint density at radius 2 is 1.79 bits per heavy atom. The third kappa shape index (κ3) is 5.01. The molecule has 6 heteroatoms. The quantitative estimate of drug-likeness (QED) is 0.847. The summed E-state index contributed by atoms with van der Waals surface area (Å²) in [4.78, 5) is 25.9. The van der Waals surface area contributed by atoms with E-state index in [9.17, 15) is 9.59 Å². The SMILES string of the molecule is CSCc1ccc(C(=O)N(C)CC(=O)Nc2ccccc2Cl)cc1. The normalized spacial score (nSPS) is 10.3. The number of carbonyl (C=O) groups is 2. The van der Waals surface area contributed by atoms with Crippen LogP contribution in [0.15, 0.2) is 48.5 Å². The van der Waals surface area contributed by atoms with Crippen LogP contribution in [0.2, 0.25) is 5.02 Å². The number of hydrogen-bond acceptors (Lipinski definition) is 3. The van der Waals surface area contributed by atoms with Crippen LogP contribution in [0.1, 0.15) is 15.9 Å². The van der Waals surface area contributed by atoms with Gasteiger partial charge in [-0.3, -0.25) is 9.59 Å². The highest BCUT2D eigenvalue weighted by molar-refractivity contribution is 7.97. The van der Waals surface area contributed by atoms with Crippen molar-refractivity contribution in [3.05, 3.63) is 64.7 Å². The number of halogens is 1. The van der Waals surface area contributed by atoms with E-state index in [0.29, 0.717) is 16.3 Å². The molecule has 24 heavy (non-hydrogen) atoms. The minimum atomic E-state index is -0.294. The molecule has 2 rings (SSSR count). The minimum Gasteiger partial charge on any atom is -0.332 e. The van der Waals surface area contributed by atoms with Gasteiger partial charge in [-0.2, -0.15) is 11.8 Å². The first-order chi connectivity index (χ1) is 11.5. The third-order valence-corrected chi connectivity index (χ3v) is 4.34. The standard InChI is InChI=1S/C18H19ClN2O2S/c1-21(11-17(22)20-16-6-4-3-5-15(16)19)18(23)14-9-7-13(8-10-14)12-24-2/h3-10H,11-12H2,1-2H3,(H,20,22). The summed E-state index contributed by atoms with van der Waals surface area (Å²) in [6.45, 7) is -0.0450. The van der Waals surface area contributed by atoms with Gasteiger partial charge in [0.05, 0.1) is 17.3 Å². The molecule has 0 aliphatic carbocycles. The van der Waals surface area contributed by atoms with Crippen molar-refractivity contribution in [3.63, 3.8) is 0 Å². The Morgan fingerprint density at radius 1 is 1.12 bits per heavy atom. The van der Waals surface area contributed by atoms with Crippen molar-refractivity contribution >= 4 is 40.9 Å². The number of hydrogen-bond donors (Lipinski definition) is 1. The van der Waals surface area contributed by atoms with Gasteiger partial charge >= 0.3 is 0 Å². The molecule has 0 aliphatic rings. The molecular formula is C18H19ClN2O2S. The van der Waals surface area contributed by atoms with Gasteiger partial charge in [-0.25, -0.2) is 0 Å². The number of nitrogens with zero attached hydrogens (tertiary/aromatic N) is 1. The van der Waals surface area contributed by atoms with Gasteiger partial charge in [-0.15, -0.1) is 0 Å². The lowest BCUT2D eigenvalue weighted by Crippen LogP contribution is -2.35. The topological polar surface area (TPSA) is 49.4 Å². The van der Waals surface area contributed by atoms with Gasteiger partial charge < -0.3 is 10.2 Å². The molecule has 0 atom stereocenters. The van der Waals surface area contributed by atoms with Gasteiger partial charge in [0.1, 0.15) is 0 Å². The molecule has 0 spiro atoms. The predicted octanol–water partition coefficient (Wildman–Crippen LogP) is 3.91. The summed E-state index contributed by atoms with van der Waals surface area (Å²) in [6.07, 6.45) is 2.03. The van der Waals surface area contributed by atoms with Crippen LogP contribution in [-0.2, 0) is 10.5 Å². The number of carbonyl (C=O) groups excluding carboxylic acids is 2. The molecule has 126 valence electrons. The van der Waals surface area contributed by atoms with E-state index in [4.69, 9.17) is 11.6 Å². The van der Waals surface area contributed by atoms with Crippen LogP contribution >= 0.6 is 23.4 Å². The van der Waals surface area contributed by atoms with Crippen LogP contribution in [0.4, 0.5) is 5.69 Å². The first-order valence-electron chi connectivity index (χ1n) is 7.39. The second kappa shape index (κ2) is 8.76. The molecule has 2 aromatic carbocycles. The highest BCUT2D eigenvalue weighted by Crippen LogP contribution is 2.20. The van der Waals surface area contributed by atoms with Crippen molar-refractivity contribution in [2.45, 2.75) is 5.75 Å². The molecule has 2 amide bonds. The Kier molecular flexibility index (Phi) is 6.70. The zero-order valence-electron chi connectivity index (χ0n) is 13.6. The first kappa shape index (κ1) is 18.4. The number of nitrogens with one attached hydrogen (secondary N) is 1. The van der Waals surface area contributed by atoms with Crippen molar-refractivity contribution in [1.82, 2.24) is 4.90 Å². The Morgan fingerprint density at radius 3 is 2.42 bits per heavy atom. The summed E-state index contributed by atoms with van der Waals surface area (Å²) in [7, 11) is 1.60. The number of para-hydroxylation sites is 1. The number of amides is 2. The highest BCUT2D eigenvalue weighted by Gasteiger charge is 2.15. The summed E-state index contributed by atoms with van der Waals surface area (Å²) >= 11 is 7.73. The molecule has 0 unspecified atom stereocenters. The van der Waals surface area contributed by atoms with Crippen molar-refractivity contribution in [2.75, 3.05) is 25.2 Å². The molecule has 0 saturated heterocycles. The fourth-order valence-electron chi connectivity index (χ4n) is 2.17. The fourth-order valence-corrected chi connectivity index (χ4v) is 2.88. The molecule has 0 aromatic heterocycles. The zero-order valence-corrected chi connectivity index (χ0v) is 15.2. The lowest BCUT2D eigenvalue weighted by Gasteiger charge is -2.17. The van der Waals surface area contributed by atoms with E-state index in [1.54, 1.807) is 55.2 Å². The summed E-state index contributed by atoms with van der Waals surface area (Å²) < 4.78 is 0. The smallest absolute Gasteiger partial charge is 0.254 e.